The molecule has 1 aromatic carbocycles. The van der Waals surface area contributed by atoms with Gasteiger partial charge in [0.05, 0.1) is 6.61 Å². The summed E-state index contributed by atoms with van der Waals surface area (Å²) in [6, 6.07) is 9.57. The maximum Gasteiger partial charge on any atom is 0.339 e. The zero-order valence-corrected chi connectivity index (χ0v) is 11.5. The quantitative estimate of drug-likeness (QED) is 0.705. The van der Waals surface area contributed by atoms with Crippen LogP contribution >= 0.6 is 0 Å². The Kier molecular flexibility index (Phi) is 5.40. The molecule has 1 unspecified atom stereocenters. The van der Waals surface area contributed by atoms with E-state index in [1.807, 2.05) is 37.3 Å². The fourth-order valence-electron chi connectivity index (χ4n) is 2.28. The molecule has 1 fully saturated rings. The first kappa shape index (κ1) is 14.1. The van der Waals surface area contributed by atoms with Gasteiger partial charge in [-0.3, -0.25) is 0 Å². The molecule has 0 heterocycles. The largest absolute Gasteiger partial charge is 0.464 e. The van der Waals surface area contributed by atoms with Crippen molar-refractivity contribution in [2.75, 3.05) is 13.2 Å². The Hall–Kier alpha value is -1.35. The van der Waals surface area contributed by atoms with Crippen LogP contribution in [0.2, 0.25) is 0 Å². The number of benzene rings is 1. The van der Waals surface area contributed by atoms with Crippen molar-refractivity contribution in [3.05, 3.63) is 35.9 Å². The lowest BCUT2D eigenvalue weighted by atomic mass is 9.83. The van der Waals surface area contributed by atoms with Crippen LogP contribution in [0.1, 0.15) is 44.3 Å². The van der Waals surface area contributed by atoms with Gasteiger partial charge < -0.3 is 9.47 Å². The number of carbonyl (C=O) groups is 1. The average Bonchev–Trinajstić information content (AvgIpc) is 2.38. The molecule has 1 aliphatic carbocycles. The fourth-order valence-corrected chi connectivity index (χ4v) is 2.28. The number of esters is 1. The SMILES string of the molecule is CCOC(=O)C(OCCC1CCC1)c1ccccc1. The van der Waals surface area contributed by atoms with Gasteiger partial charge in [-0.05, 0) is 24.8 Å². The second-order valence-electron chi connectivity index (χ2n) is 5.00. The third-order valence-electron chi connectivity index (χ3n) is 3.64. The van der Waals surface area contributed by atoms with Crippen LogP contribution in [-0.4, -0.2) is 19.2 Å². The van der Waals surface area contributed by atoms with Gasteiger partial charge in [-0.1, -0.05) is 49.6 Å². The highest BCUT2D eigenvalue weighted by Crippen LogP contribution is 2.30. The summed E-state index contributed by atoms with van der Waals surface area (Å²) in [5.41, 5.74) is 0.870. The predicted molar refractivity (Wildman–Crippen MR) is 73.7 cm³/mol. The summed E-state index contributed by atoms with van der Waals surface area (Å²) >= 11 is 0. The van der Waals surface area contributed by atoms with Gasteiger partial charge in [0.1, 0.15) is 0 Å². The van der Waals surface area contributed by atoms with E-state index >= 15 is 0 Å². The molecule has 1 atom stereocenters. The first-order valence-electron chi connectivity index (χ1n) is 7.14. The summed E-state index contributed by atoms with van der Waals surface area (Å²) in [5.74, 6) is 0.501. The van der Waals surface area contributed by atoms with E-state index in [0.717, 1.165) is 17.9 Å². The van der Waals surface area contributed by atoms with Gasteiger partial charge in [0.2, 0.25) is 0 Å². The van der Waals surface area contributed by atoms with Gasteiger partial charge in [0.25, 0.3) is 0 Å². The van der Waals surface area contributed by atoms with E-state index in [1.54, 1.807) is 0 Å². The van der Waals surface area contributed by atoms with Crippen molar-refractivity contribution in [1.82, 2.24) is 0 Å². The monoisotopic (exact) mass is 262 g/mol. The molecule has 1 aromatic rings. The molecule has 3 heteroatoms. The van der Waals surface area contributed by atoms with Crippen LogP contribution < -0.4 is 0 Å². The molecule has 0 aliphatic heterocycles. The lowest BCUT2D eigenvalue weighted by Crippen LogP contribution is -2.21. The lowest BCUT2D eigenvalue weighted by Gasteiger charge is -2.26. The summed E-state index contributed by atoms with van der Waals surface area (Å²) in [6.45, 7) is 2.82. The minimum atomic E-state index is -0.582. The summed E-state index contributed by atoms with van der Waals surface area (Å²) in [6.07, 6.45) is 4.41. The fraction of sp³-hybridized carbons (Fsp3) is 0.562. The maximum atomic E-state index is 12.0. The van der Waals surface area contributed by atoms with Crippen LogP contribution in [0.25, 0.3) is 0 Å². The topological polar surface area (TPSA) is 35.5 Å². The Morgan fingerprint density at radius 1 is 1.32 bits per heavy atom. The zero-order valence-electron chi connectivity index (χ0n) is 11.5. The summed E-state index contributed by atoms with van der Waals surface area (Å²) in [5, 5.41) is 0. The third kappa shape index (κ3) is 4.06. The van der Waals surface area contributed by atoms with Crippen molar-refractivity contribution in [3.8, 4) is 0 Å². The molecule has 0 bridgehead atoms. The van der Waals surface area contributed by atoms with Gasteiger partial charge in [-0.25, -0.2) is 4.79 Å². The predicted octanol–water partition coefficient (Wildman–Crippen LogP) is 3.50. The molecule has 19 heavy (non-hydrogen) atoms. The van der Waals surface area contributed by atoms with Crippen molar-refractivity contribution in [2.24, 2.45) is 5.92 Å². The van der Waals surface area contributed by atoms with E-state index in [-0.39, 0.29) is 5.97 Å². The Morgan fingerprint density at radius 3 is 2.63 bits per heavy atom. The van der Waals surface area contributed by atoms with Crippen molar-refractivity contribution in [1.29, 1.82) is 0 Å². The highest BCUT2D eigenvalue weighted by molar-refractivity contribution is 5.76. The first-order valence-corrected chi connectivity index (χ1v) is 7.14. The van der Waals surface area contributed by atoms with Crippen LogP contribution in [0.4, 0.5) is 0 Å². The van der Waals surface area contributed by atoms with Gasteiger partial charge in [-0.2, -0.15) is 0 Å². The Morgan fingerprint density at radius 2 is 2.05 bits per heavy atom. The van der Waals surface area contributed by atoms with E-state index in [2.05, 4.69) is 0 Å². The molecule has 3 nitrogen and oxygen atoms in total. The van der Waals surface area contributed by atoms with Crippen LogP contribution in [0.15, 0.2) is 30.3 Å². The Balaban J connectivity index is 1.91. The second kappa shape index (κ2) is 7.29. The number of ether oxygens (including phenoxy) is 2. The van der Waals surface area contributed by atoms with Crippen LogP contribution in [0.3, 0.4) is 0 Å². The van der Waals surface area contributed by atoms with Crippen molar-refractivity contribution >= 4 is 5.97 Å². The number of rotatable bonds is 7. The number of carbonyl (C=O) groups excluding carboxylic acids is 1. The molecule has 2 rings (SSSR count). The van der Waals surface area contributed by atoms with E-state index in [9.17, 15) is 4.79 Å². The summed E-state index contributed by atoms with van der Waals surface area (Å²) in [4.78, 5) is 12.0. The molecule has 1 saturated carbocycles. The lowest BCUT2D eigenvalue weighted by molar-refractivity contribution is -0.157. The smallest absolute Gasteiger partial charge is 0.339 e. The summed E-state index contributed by atoms with van der Waals surface area (Å²) in [7, 11) is 0. The molecular weight excluding hydrogens is 240 g/mol. The van der Waals surface area contributed by atoms with E-state index < -0.39 is 6.10 Å². The van der Waals surface area contributed by atoms with Gasteiger partial charge in [-0.15, -0.1) is 0 Å². The average molecular weight is 262 g/mol. The second-order valence-corrected chi connectivity index (χ2v) is 5.00. The molecule has 0 spiro atoms. The number of hydrogen-bond donors (Lipinski definition) is 0. The molecule has 0 radical (unpaired) electrons. The van der Waals surface area contributed by atoms with E-state index in [4.69, 9.17) is 9.47 Å². The number of hydrogen-bond acceptors (Lipinski definition) is 3. The first-order chi connectivity index (χ1) is 9.31. The highest BCUT2D eigenvalue weighted by Gasteiger charge is 2.24. The Bertz CT molecular complexity index is 384. The van der Waals surface area contributed by atoms with E-state index in [0.29, 0.717) is 13.2 Å². The normalized spacial score (nSPS) is 16.7. The maximum absolute atomic E-state index is 12.0. The minimum Gasteiger partial charge on any atom is -0.464 e. The zero-order chi connectivity index (χ0) is 13.5. The molecule has 104 valence electrons. The molecular formula is C16H22O3. The van der Waals surface area contributed by atoms with Crippen LogP contribution in [-0.2, 0) is 14.3 Å². The Labute approximate surface area is 114 Å². The minimum absolute atomic E-state index is 0.290. The van der Waals surface area contributed by atoms with Gasteiger partial charge in [0, 0.05) is 6.61 Å². The van der Waals surface area contributed by atoms with Crippen molar-refractivity contribution < 1.29 is 14.3 Å². The highest BCUT2D eigenvalue weighted by atomic mass is 16.6. The molecule has 0 aromatic heterocycles. The van der Waals surface area contributed by atoms with Crippen LogP contribution in [0, 0.1) is 5.92 Å². The molecule has 0 amide bonds. The van der Waals surface area contributed by atoms with Crippen LogP contribution in [0.5, 0.6) is 0 Å². The van der Waals surface area contributed by atoms with E-state index in [1.165, 1.54) is 19.3 Å². The molecule has 1 aliphatic rings. The third-order valence-corrected chi connectivity index (χ3v) is 3.64. The molecule has 0 N–H and O–H groups in total. The standard InChI is InChI=1S/C16H22O3/c1-2-18-16(17)15(14-9-4-3-5-10-14)19-12-11-13-7-6-8-13/h3-5,9-10,13,15H,2,6-8,11-12H2,1H3. The van der Waals surface area contributed by atoms with Crippen molar-refractivity contribution in [2.45, 2.75) is 38.7 Å². The van der Waals surface area contributed by atoms with Gasteiger partial charge in [0.15, 0.2) is 6.10 Å². The van der Waals surface area contributed by atoms with Gasteiger partial charge >= 0.3 is 5.97 Å². The molecule has 0 saturated heterocycles. The summed E-state index contributed by atoms with van der Waals surface area (Å²) < 4.78 is 10.9. The van der Waals surface area contributed by atoms with Crippen molar-refractivity contribution in [3.63, 3.8) is 0 Å².